The Hall–Kier alpha value is -3.05. The molecule has 0 fully saturated rings. The first-order valence-electron chi connectivity index (χ1n) is 9.71. The van der Waals surface area contributed by atoms with Gasteiger partial charge in [-0.2, -0.15) is 4.31 Å². The van der Waals surface area contributed by atoms with Gasteiger partial charge in [0.2, 0.25) is 15.8 Å². The normalized spacial score (nSPS) is 12.5. The van der Waals surface area contributed by atoms with Crippen LogP contribution in [0.1, 0.15) is 32.0 Å². The summed E-state index contributed by atoms with van der Waals surface area (Å²) in [6, 6.07) is 7.50. The van der Waals surface area contributed by atoms with Crippen LogP contribution >= 0.6 is 0 Å². The molecule has 1 amide bonds. The number of aromatic nitrogens is 1. The Bertz CT molecular complexity index is 1080. The number of rotatable bonds is 9. The molecule has 2 aromatic rings. The molecule has 1 atom stereocenters. The molecule has 0 bridgehead atoms. The first-order chi connectivity index (χ1) is 14.5. The molecule has 10 nitrogen and oxygen atoms in total. The van der Waals surface area contributed by atoms with E-state index in [2.05, 4.69) is 10.3 Å². The molecule has 11 heteroatoms. The van der Waals surface area contributed by atoms with Gasteiger partial charge in [-0.15, -0.1) is 0 Å². The van der Waals surface area contributed by atoms with Crippen LogP contribution in [0, 0.1) is 24.0 Å². The second kappa shape index (κ2) is 9.84. The summed E-state index contributed by atoms with van der Waals surface area (Å²) < 4.78 is 32.5. The van der Waals surface area contributed by atoms with Crippen LogP contribution in [-0.2, 0) is 14.8 Å². The van der Waals surface area contributed by atoms with Crippen molar-refractivity contribution >= 4 is 27.4 Å². The van der Waals surface area contributed by atoms with Gasteiger partial charge in [0.1, 0.15) is 5.69 Å². The van der Waals surface area contributed by atoms with E-state index in [-0.39, 0.29) is 16.3 Å². The number of nitrogens with one attached hydrogen (secondary N) is 1. The highest BCUT2D eigenvalue weighted by Crippen LogP contribution is 2.27. The SMILES string of the molecule is CCN(CC)S(=O)(=O)c1cc(NC(=O)[C@@H](C)Oc2ccc(C)nc2[N+](=O)[O-])ccc1C. The van der Waals surface area contributed by atoms with Crippen molar-refractivity contribution in [3.05, 3.63) is 51.7 Å². The maximum atomic E-state index is 12.9. The van der Waals surface area contributed by atoms with E-state index in [1.165, 1.54) is 29.4 Å². The predicted molar refractivity (Wildman–Crippen MR) is 116 cm³/mol. The zero-order valence-corrected chi connectivity index (χ0v) is 18.9. The largest absolute Gasteiger partial charge is 0.473 e. The quantitative estimate of drug-likeness (QED) is 0.459. The van der Waals surface area contributed by atoms with Crippen molar-refractivity contribution in [3.8, 4) is 5.75 Å². The number of benzene rings is 1. The van der Waals surface area contributed by atoms with Gasteiger partial charge in [-0.25, -0.2) is 8.42 Å². The van der Waals surface area contributed by atoms with Crippen LogP contribution in [0.2, 0.25) is 0 Å². The Labute approximate surface area is 181 Å². The number of amides is 1. The van der Waals surface area contributed by atoms with Gasteiger partial charge in [-0.05, 0) is 53.6 Å². The monoisotopic (exact) mass is 450 g/mol. The third-order valence-corrected chi connectivity index (χ3v) is 6.80. The number of nitro groups is 1. The predicted octanol–water partition coefficient (Wildman–Crippen LogP) is 3.04. The molecule has 0 unspecified atom stereocenters. The number of pyridine rings is 1. The molecule has 0 saturated carbocycles. The van der Waals surface area contributed by atoms with Crippen LogP contribution in [0.4, 0.5) is 11.5 Å². The summed E-state index contributed by atoms with van der Waals surface area (Å²) >= 11 is 0. The van der Waals surface area contributed by atoms with Crippen molar-refractivity contribution in [2.45, 2.75) is 45.6 Å². The number of sulfonamides is 1. The Balaban J connectivity index is 2.24. The molecule has 1 heterocycles. The highest BCUT2D eigenvalue weighted by atomic mass is 32.2. The molecule has 168 valence electrons. The van der Waals surface area contributed by atoms with Gasteiger partial charge in [0.25, 0.3) is 5.91 Å². The van der Waals surface area contributed by atoms with Crippen molar-refractivity contribution in [1.29, 1.82) is 0 Å². The minimum atomic E-state index is -3.71. The fraction of sp³-hybridized carbons (Fsp3) is 0.400. The van der Waals surface area contributed by atoms with Gasteiger partial charge in [0.05, 0.1) is 4.90 Å². The van der Waals surface area contributed by atoms with Crippen molar-refractivity contribution in [2.75, 3.05) is 18.4 Å². The maximum Gasteiger partial charge on any atom is 0.406 e. The minimum Gasteiger partial charge on any atom is -0.473 e. The molecule has 1 N–H and O–H groups in total. The summed E-state index contributed by atoms with van der Waals surface area (Å²) in [4.78, 5) is 27.0. The van der Waals surface area contributed by atoms with E-state index in [4.69, 9.17) is 4.74 Å². The molecule has 1 aromatic heterocycles. The van der Waals surface area contributed by atoms with Gasteiger partial charge in [0.15, 0.2) is 6.10 Å². The molecule has 0 spiro atoms. The van der Waals surface area contributed by atoms with Crippen LogP contribution in [0.5, 0.6) is 5.75 Å². The highest BCUT2D eigenvalue weighted by Gasteiger charge is 2.26. The molecular formula is C20H26N4O6S. The van der Waals surface area contributed by atoms with Crippen molar-refractivity contribution in [3.63, 3.8) is 0 Å². The van der Waals surface area contributed by atoms with Crippen LogP contribution < -0.4 is 10.1 Å². The molecule has 0 aliphatic carbocycles. The third kappa shape index (κ3) is 5.56. The lowest BCUT2D eigenvalue weighted by atomic mass is 10.2. The summed E-state index contributed by atoms with van der Waals surface area (Å²) in [6.45, 7) is 8.86. The lowest BCUT2D eigenvalue weighted by Gasteiger charge is -2.20. The number of hydrogen-bond donors (Lipinski definition) is 1. The van der Waals surface area contributed by atoms with Crippen LogP contribution in [0.15, 0.2) is 35.2 Å². The van der Waals surface area contributed by atoms with E-state index < -0.39 is 32.8 Å². The smallest absolute Gasteiger partial charge is 0.406 e. The average molecular weight is 451 g/mol. The summed E-state index contributed by atoms with van der Waals surface area (Å²) in [5, 5.41) is 13.8. The third-order valence-electron chi connectivity index (χ3n) is 4.60. The summed E-state index contributed by atoms with van der Waals surface area (Å²) in [5.41, 5.74) is 1.27. The summed E-state index contributed by atoms with van der Waals surface area (Å²) in [5.74, 6) is -1.21. The number of ether oxygens (including phenoxy) is 1. The van der Waals surface area contributed by atoms with Crippen molar-refractivity contribution < 1.29 is 22.9 Å². The Morgan fingerprint density at radius 1 is 1.23 bits per heavy atom. The topological polar surface area (TPSA) is 132 Å². The molecule has 2 rings (SSSR count). The molecular weight excluding hydrogens is 424 g/mol. The molecule has 0 radical (unpaired) electrons. The second-order valence-electron chi connectivity index (χ2n) is 6.85. The molecule has 0 saturated heterocycles. The minimum absolute atomic E-state index is 0.0981. The zero-order valence-electron chi connectivity index (χ0n) is 18.1. The number of carbonyl (C=O) groups excluding carboxylic acids is 1. The van der Waals surface area contributed by atoms with Crippen LogP contribution in [0.25, 0.3) is 0 Å². The zero-order chi connectivity index (χ0) is 23.3. The van der Waals surface area contributed by atoms with Gasteiger partial charge >= 0.3 is 5.82 Å². The Kier molecular flexibility index (Phi) is 7.69. The number of carbonyl (C=O) groups is 1. The number of aryl methyl sites for hydroxylation is 2. The lowest BCUT2D eigenvalue weighted by molar-refractivity contribution is -0.390. The van der Waals surface area contributed by atoms with Gasteiger partial charge < -0.3 is 20.2 Å². The maximum absolute atomic E-state index is 12.9. The van der Waals surface area contributed by atoms with Crippen LogP contribution in [-0.4, -0.2) is 47.7 Å². The van der Waals surface area contributed by atoms with Crippen molar-refractivity contribution in [1.82, 2.24) is 9.29 Å². The molecule has 31 heavy (non-hydrogen) atoms. The Morgan fingerprint density at radius 2 is 1.87 bits per heavy atom. The first-order valence-corrected chi connectivity index (χ1v) is 11.2. The van der Waals surface area contributed by atoms with E-state index in [0.717, 1.165) is 0 Å². The lowest BCUT2D eigenvalue weighted by Crippen LogP contribution is -2.32. The van der Waals surface area contributed by atoms with E-state index >= 15 is 0 Å². The van der Waals surface area contributed by atoms with Crippen LogP contribution in [0.3, 0.4) is 0 Å². The Morgan fingerprint density at radius 3 is 2.45 bits per heavy atom. The van der Waals surface area contributed by atoms with E-state index in [0.29, 0.717) is 24.3 Å². The summed E-state index contributed by atoms with van der Waals surface area (Å²) in [6.07, 6.45) is -1.09. The number of hydrogen-bond acceptors (Lipinski definition) is 7. The van der Waals surface area contributed by atoms with E-state index in [9.17, 15) is 23.3 Å². The highest BCUT2D eigenvalue weighted by molar-refractivity contribution is 7.89. The van der Waals surface area contributed by atoms with Gasteiger partial charge in [-0.1, -0.05) is 19.9 Å². The van der Waals surface area contributed by atoms with Gasteiger partial charge in [-0.3, -0.25) is 4.79 Å². The fourth-order valence-corrected chi connectivity index (χ4v) is 4.61. The summed E-state index contributed by atoms with van der Waals surface area (Å²) in [7, 11) is -3.71. The van der Waals surface area contributed by atoms with Gasteiger partial charge in [0, 0.05) is 25.7 Å². The molecule has 0 aliphatic rings. The van der Waals surface area contributed by atoms with Crippen molar-refractivity contribution in [2.24, 2.45) is 0 Å². The fourth-order valence-electron chi connectivity index (χ4n) is 2.90. The second-order valence-corrected chi connectivity index (χ2v) is 8.76. The first kappa shape index (κ1) is 24.2. The van der Waals surface area contributed by atoms with E-state index in [1.54, 1.807) is 39.8 Å². The molecule has 1 aromatic carbocycles. The standard InChI is InChI=1S/C20H26N4O6S/c1-6-23(7-2)31(28,29)18-12-16(10-8-13(18)3)22-20(25)15(5)30-17-11-9-14(4)21-19(17)24(26)27/h8-12,15H,6-7H2,1-5H3,(H,22,25)/t15-/m1/s1. The number of nitrogens with zero attached hydrogens (tertiary/aromatic N) is 3. The number of anilines is 1. The molecule has 0 aliphatic heterocycles. The average Bonchev–Trinajstić information content (AvgIpc) is 2.71. The van der Waals surface area contributed by atoms with E-state index in [1.807, 2.05) is 0 Å².